The van der Waals surface area contributed by atoms with Crippen molar-refractivity contribution in [3.8, 4) is 44.5 Å². The van der Waals surface area contributed by atoms with Crippen LogP contribution >= 0.6 is 0 Å². The second-order valence-electron chi connectivity index (χ2n) is 19.9. The molecule has 2 unspecified atom stereocenters. The van der Waals surface area contributed by atoms with E-state index in [1.54, 1.807) is 0 Å². The number of hydrogen-bond donors (Lipinski definition) is 2. The molecule has 3 heteroatoms. The van der Waals surface area contributed by atoms with E-state index in [-0.39, 0.29) is 6.04 Å². The first-order chi connectivity index (χ1) is 38.7. The van der Waals surface area contributed by atoms with Crippen LogP contribution < -0.4 is 10.6 Å². The van der Waals surface area contributed by atoms with Gasteiger partial charge in [-0.3, -0.25) is 4.99 Å². The highest BCUT2D eigenvalue weighted by atomic mass is 15.1. The van der Waals surface area contributed by atoms with Crippen LogP contribution in [0.4, 0.5) is 0 Å². The maximum absolute atomic E-state index is 5.70. The maximum Gasteiger partial charge on any atom is 0.145 e. The Hall–Kier alpha value is -10.1. The molecule has 0 aromatic heterocycles. The summed E-state index contributed by atoms with van der Waals surface area (Å²) in [7, 11) is 0. The fraction of sp³-hybridized carbons (Fsp3) is 0.0267. The molecule has 0 amide bonds. The molecule has 0 bridgehead atoms. The van der Waals surface area contributed by atoms with Gasteiger partial charge in [-0.2, -0.15) is 0 Å². The molecule has 11 aromatic rings. The van der Waals surface area contributed by atoms with Gasteiger partial charge in [-0.25, -0.2) is 0 Å². The Kier molecular flexibility index (Phi) is 13.2. The highest BCUT2D eigenvalue weighted by Crippen LogP contribution is 2.50. The van der Waals surface area contributed by atoms with Crippen molar-refractivity contribution in [1.29, 1.82) is 0 Å². The van der Waals surface area contributed by atoms with Crippen LogP contribution in [0.3, 0.4) is 0 Å². The van der Waals surface area contributed by atoms with E-state index < -0.39 is 6.17 Å². The van der Waals surface area contributed by atoms with E-state index >= 15 is 0 Å². The summed E-state index contributed by atoms with van der Waals surface area (Å²) in [5, 5.41) is 8.14. The summed E-state index contributed by atoms with van der Waals surface area (Å²) in [5.41, 5.74) is 24.7. The van der Waals surface area contributed by atoms with Gasteiger partial charge < -0.3 is 10.6 Å². The first-order valence-electron chi connectivity index (χ1n) is 26.8. The van der Waals surface area contributed by atoms with E-state index in [1.807, 2.05) is 0 Å². The standard InChI is InChI=1S/C75H55N3/c1-9-25-52(26-10-1)62-45-63(53-27-11-2-12-28-53)48-66(47-62)68-51-69(67-49-64(54-29-13-3-14-30-54)46-65(50-67)55-31-15-4-16-32-55)77-75(76-68)61-43-41-58(42-44-61)70-71(56-33-17-5-18-34-56)73(59-37-21-7-22-38-59)78-74(60-39-23-8-24-40-60)72(70)57-35-19-6-20-36-57/h1-51,73,75-76,78H. The number of dihydropyridines is 1. The minimum Gasteiger partial charge on any atom is -0.373 e. The van der Waals surface area contributed by atoms with Gasteiger partial charge in [0.15, 0.2) is 0 Å². The SMILES string of the molecule is C1=C(c2cc(-c3ccccc3)cc(-c3ccccc3)c2)NC(c2ccc(C3=C(c4ccccc4)C(c4ccccc4)NC(c4ccccc4)=C3c3ccccc3)cc2)N=C1c1cc(-c2ccccc2)cc(-c2ccccc2)c1. The summed E-state index contributed by atoms with van der Waals surface area (Å²) < 4.78 is 0. The molecular formula is C75H55N3. The van der Waals surface area contributed by atoms with E-state index in [1.165, 1.54) is 16.7 Å². The molecule has 13 rings (SSSR count). The van der Waals surface area contributed by atoms with Gasteiger partial charge in [0.2, 0.25) is 0 Å². The van der Waals surface area contributed by atoms with Gasteiger partial charge in [0.25, 0.3) is 0 Å². The lowest BCUT2D eigenvalue weighted by Gasteiger charge is -2.36. The molecule has 3 nitrogen and oxygen atoms in total. The zero-order chi connectivity index (χ0) is 52.0. The molecule has 0 fully saturated rings. The van der Waals surface area contributed by atoms with E-state index in [4.69, 9.17) is 4.99 Å². The van der Waals surface area contributed by atoms with Crippen LogP contribution in [0.25, 0.3) is 72.6 Å². The molecule has 0 spiro atoms. The molecule has 2 N–H and O–H groups in total. The summed E-state index contributed by atoms with van der Waals surface area (Å²) in [6.07, 6.45) is 1.83. The summed E-state index contributed by atoms with van der Waals surface area (Å²) in [5.74, 6) is 0. The van der Waals surface area contributed by atoms with E-state index in [9.17, 15) is 0 Å². The lowest BCUT2D eigenvalue weighted by molar-refractivity contribution is 0.664. The second kappa shape index (κ2) is 21.6. The fourth-order valence-corrected chi connectivity index (χ4v) is 11.1. The predicted molar refractivity (Wildman–Crippen MR) is 327 cm³/mol. The molecule has 370 valence electrons. The summed E-state index contributed by atoms with van der Waals surface area (Å²) >= 11 is 0. The van der Waals surface area contributed by atoms with Gasteiger partial charge in [0.05, 0.1) is 17.5 Å². The molecule has 11 aromatic carbocycles. The average Bonchev–Trinajstić information content (AvgIpc) is 3.57. The predicted octanol–water partition coefficient (Wildman–Crippen LogP) is 18.3. The quantitative estimate of drug-likeness (QED) is 0.128. The van der Waals surface area contributed by atoms with Gasteiger partial charge in [-0.1, -0.05) is 267 Å². The molecule has 2 aliphatic heterocycles. The van der Waals surface area contributed by atoms with Gasteiger partial charge in [-0.15, -0.1) is 0 Å². The molecule has 2 atom stereocenters. The Labute approximate surface area is 457 Å². The number of nitrogens with zero attached hydrogens (tertiary/aromatic N) is 1. The molecule has 0 saturated heterocycles. The van der Waals surface area contributed by atoms with Gasteiger partial charge in [-0.05, 0) is 137 Å². The Morgan fingerprint density at radius 3 is 1.06 bits per heavy atom. The third-order valence-electron chi connectivity index (χ3n) is 14.9. The van der Waals surface area contributed by atoms with Crippen molar-refractivity contribution in [2.24, 2.45) is 4.99 Å². The number of aliphatic imine (C=N–C) groups is 1. The largest absolute Gasteiger partial charge is 0.373 e. The molecule has 2 aliphatic rings. The first-order valence-corrected chi connectivity index (χ1v) is 26.8. The van der Waals surface area contributed by atoms with Crippen LogP contribution in [-0.2, 0) is 0 Å². The number of nitrogens with one attached hydrogen (secondary N) is 2. The average molecular weight is 998 g/mol. The number of rotatable bonds is 12. The Morgan fingerprint density at radius 1 is 0.256 bits per heavy atom. The molecule has 0 radical (unpaired) electrons. The topological polar surface area (TPSA) is 36.4 Å². The zero-order valence-electron chi connectivity index (χ0n) is 43.0. The number of hydrogen-bond acceptors (Lipinski definition) is 3. The van der Waals surface area contributed by atoms with E-state index in [0.29, 0.717) is 0 Å². The van der Waals surface area contributed by atoms with E-state index in [2.05, 4.69) is 320 Å². The lowest BCUT2D eigenvalue weighted by atomic mass is 9.77. The smallest absolute Gasteiger partial charge is 0.145 e. The van der Waals surface area contributed by atoms with Crippen molar-refractivity contribution in [1.82, 2.24) is 10.6 Å². The van der Waals surface area contributed by atoms with E-state index in [0.717, 1.165) is 106 Å². The minimum atomic E-state index is -0.424. The normalized spacial score (nSPS) is 15.2. The van der Waals surface area contributed by atoms with Gasteiger partial charge in [0.1, 0.15) is 6.17 Å². The van der Waals surface area contributed by atoms with Crippen LogP contribution in [0.1, 0.15) is 56.7 Å². The molecule has 2 heterocycles. The van der Waals surface area contributed by atoms with Gasteiger partial charge >= 0.3 is 0 Å². The van der Waals surface area contributed by atoms with Crippen LogP contribution in [0.5, 0.6) is 0 Å². The Balaban J connectivity index is 1.01. The van der Waals surface area contributed by atoms with Crippen LogP contribution in [0.2, 0.25) is 0 Å². The highest BCUT2D eigenvalue weighted by molar-refractivity contribution is 6.24. The highest BCUT2D eigenvalue weighted by Gasteiger charge is 2.33. The lowest BCUT2D eigenvalue weighted by Crippen LogP contribution is -2.27. The zero-order valence-corrected chi connectivity index (χ0v) is 43.0. The van der Waals surface area contributed by atoms with Crippen molar-refractivity contribution in [3.05, 3.63) is 354 Å². The number of allylic oxidation sites excluding steroid dienone is 3. The van der Waals surface area contributed by atoms with Gasteiger partial charge in [0, 0.05) is 16.8 Å². The third kappa shape index (κ3) is 9.85. The monoisotopic (exact) mass is 997 g/mol. The molecular weight excluding hydrogens is 943 g/mol. The summed E-state index contributed by atoms with van der Waals surface area (Å²) in [4.78, 5) is 5.70. The Morgan fingerprint density at radius 2 is 0.615 bits per heavy atom. The minimum absolute atomic E-state index is 0.148. The maximum atomic E-state index is 5.70. The summed E-state index contributed by atoms with van der Waals surface area (Å²) in [6.45, 7) is 0. The number of benzene rings is 11. The van der Waals surface area contributed by atoms with Crippen molar-refractivity contribution >= 4 is 33.8 Å². The van der Waals surface area contributed by atoms with Crippen LogP contribution in [-0.4, -0.2) is 5.71 Å². The van der Waals surface area contributed by atoms with Crippen molar-refractivity contribution in [2.75, 3.05) is 0 Å². The fourth-order valence-electron chi connectivity index (χ4n) is 11.1. The van der Waals surface area contributed by atoms with Crippen LogP contribution in [0, 0.1) is 0 Å². The third-order valence-corrected chi connectivity index (χ3v) is 14.9. The molecule has 78 heavy (non-hydrogen) atoms. The Bertz CT molecular complexity index is 3890. The molecule has 0 aliphatic carbocycles. The molecule has 0 saturated carbocycles. The van der Waals surface area contributed by atoms with Crippen molar-refractivity contribution in [3.63, 3.8) is 0 Å². The second-order valence-corrected chi connectivity index (χ2v) is 19.9. The van der Waals surface area contributed by atoms with Crippen molar-refractivity contribution < 1.29 is 0 Å². The first kappa shape index (κ1) is 47.6. The summed E-state index contributed by atoms with van der Waals surface area (Å²) in [6, 6.07) is 109. The van der Waals surface area contributed by atoms with Crippen LogP contribution in [0.15, 0.2) is 314 Å². The van der Waals surface area contributed by atoms with Crippen molar-refractivity contribution in [2.45, 2.75) is 12.2 Å².